The van der Waals surface area contributed by atoms with Gasteiger partial charge in [0.2, 0.25) is 17.8 Å². The fourth-order valence-electron chi connectivity index (χ4n) is 8.38. The zero-order valence-corrected chi connectivity index (χ0v) is 31.2. The first-order valence-electron chi connectivity index (χ1n) is 18.4. The van der Waals surface area contributed by atoms with E-state index in [2.05, 4.69) is 51.5 Å². The quantitative estimate of drug-likeness (QED) is 0.183. The highest BCUT2D eigenvalue weighted by Crippen LogP contribution is 2.37. The molecule has 0 radical (unpaired) electrons. The molecular weight excluding hydrogens is 696 g/mol. The first kappa shape index (κ1) is 35.1. The van der Waals surface area contributed by atoms with Crippen LogP contribution >= 0.6 is 11.6 Å². The van der Waals surface area contributed by atoms with Crippen molar-refractivity contribution >= 4 is 68.5 Å². The lowest BCUT2D eigenvalue weighted by molar-refractivity contribution is -0.134. The Morgan fingerprint density at radius 1 is 1.08 bits per heavy atom. The average molecular weight is 741 g/mol. The lowest BCUT2D eigenvalue weighted by Gasteiger charge is -2.42. The Balaban J connectivity index is 0.964. The number of aryl methyl sites for hydroxylation is 3. The number of fused-ring (bicyclic) bond motifs is 2. The number of hydrogen-bond donors (Lipinski definition) is 3. The molecule has 3 aliphatic rings. The van der Waals surface area contributed by atoms with E-state index in [1.807, 2.05) is 36.0 Å². The second kappa shape index (κ2) is 13.5. The molecule has 3 atom stereocenters. The van der Waals surface area contributed by atoms with E-state index in [-0.39, 0.29) is 29.5 Å². The average Bonchev–Trinajstić information content (AvgIpc) is 3.58. The van der Waals surface area contributed by atoms with Gasteiger partial charge >= 0.3 is 5.69 Å². The van der Waals surface area contributed by atoms with Crippen LogP contribution in [0.3, 0.4) is 0 Å². The van der Waals surface area contributed by atoms with E-state index in [1.165, 1.54) is 0 Å². The van der Waals surface area contributed by atoms with Crippen LogP contribution < -0.4 is 26.1 Å². The van der Waals surface area contributed by atoms with Crippen LogP contribution in [0.5, 0.6) is 0 Å². The molecular formula is C38H45ClN10O4. The lowest BCUT2D eigenvalue weighted by Crippen LogP contribution is -2.49. The normalized spacial score (nSPS) is 21.5. The number of halogens is 1. The molecule has 3 aromatic heterocycles. The number of rotatable bonds is 9. The van der Waals surface area contributed by atoms with Crippen LogP contribution in [-0.2, 0) is 30.2 Å². The van der Waals surface area contributed by atoms with Crippen molar-refractivity contribution in [1.82, 2.24) is 34.2 Å². The summed E-state index contributed by atoms with van der Waals surface area (Å²) in [7, 11) is 5.77. The third-order valence-electron chi connectivity index (χ3n) is 11.7. The molecule has 2 aromatic carbocycles. The van der Waals surface area contributed by atoms with E-state index in [1.54, 1.807) is 22.4 Å². The van der Waals surface area contributed by atoms with Crippen molar-refractivity contribution in [3.63, 3.8) is 0 Å². The van der Waals surface area contributed by atoms with Crippen LogP contribution in [-0.4, -0.2) is 77.6 Å². The monoisotopic (exact) mass is 740 g/mol. The lowest BCUT2D eigenvalue weighted by atomic mass is 9.78. The smallest absolute Gasteiger partial charge is 0.328 e. The molecule has 0 bridgehead atoms. The molecule has 53 heavy (non-hydrogen) atoms. The number of carbonyl (C=O) groups is 2. The molecule has 3 fully saturated rings. The molecule has 278 valence electrons. The first-order valence-corrected chi connectivity index (χ1v) is 18.8. The summed E-state index contributed by atoms with van der Waals surface area (Å²) in [4.78, 5) is 51.4. The third-order valence-corrected chi connectivity index (χ3v) is 12.0. The Hall–Kier alpha value is -4.95. The maximum atomic E-state index is 13.1. The SMILES string of the molecule is C[C@@H]1CN(c2ncc(Cl)c(Nc3ccc4c(c3)n(CCC3(O)CCC3)c(=O)n4C)n2)CC[C@H]1N(C)c1ccc2c(C3CCC(=O)NC3=O)nn(C)c2c1. The zero-order valence-electron chi connectivity index (χ0n) is 30.5. The van der Waals surface area contributed by atoms with E-state index >= 15 is 0 Å². The molecule has 14 nitrogen and oxygen atoms in total. The second-order valence-corrected chi connectivity index (χ2v) is 15.5. The number of hydrogen-bond acceptors (Lipinski definition) is 10. The molecule has 2 aliphatic heterocycles. The molecule has 1 aliphatic carbocycles. The molecule has 1 unspecified atom stereocenters. The molecule has 5 aromatic rings. The van der Waals surface area contributed by atoms with Gasteiger partial charge in [0.15, 0.2) is 5.82 Å². The molecule has 2 saturated heterocycles. The van der Waals surface area contributed by atoms with Crippen molar-refractivity contribution in [2.24, 2.45) is 20.0 Å². The minimum absolute atomic E-state index is 0.109. The minimum atomic E-state index is -0.677. The highest BCUT2D eigenvalue weighted by Gasteiger charge is 2.35. The zero-order chi connectivity index (χ0) is 37.2. The van der Waals surface area contributed by atoms with E-state index in [4.69, 9.17) is 21.7 Å². The van der Waals surface area contributed by atoms with Gasteiger partial charge in [-0.25, -0.2) is 9.78 Å². The van der Waals surface area contributed by atoms with Gasteiger partial charge in [-0.2, -0.15) is 10.1 Å². The van der Waals surface area contributed by atoms with Crippen molar-refractivity contribution in [1.29, 1.82) is 0 Å². The summed E-state index contributed by atoms with van der Waals surface area (Å²) >= 11 is 6.62. The van der Waals surface area contributed by atoms with Crippen molar-refractivity contribution in [2.45, 2.75) is 76.0 Å². The number of imidazole rings is 1. The summed E-state index contributed by atoms with van der Waals surface area (Å²) in [6.45, 7) is 4.19. The summed E-state index contributed by atoms with van der Waals surface area (Å²) in [5, 5.41) is 22.5. The molecule has 1 saturated carbocycles. The fourth-order valence-corrected chi connectivity index (χ4v) is 8.52. The van der Waals surface area contributed by atoms with Crippen LogP contribution in [0.25, 0.3) is 21.9 Å². The maximum absolute atomic E-state index is 13.1. The van der Waals surface area contributed by atoms with E-state index in [0.29, 0.717) is 48.3 Å². The van der Waals surface area contributed by atoms with Gasteiger partial charge in [-0.05, 0) is 80.8 Å². The number of benzene rings is 2. The third kappa shape index (κ3) is 6.41. The van der Waals surface area contributed by atoms with Gasteiger partial charge in [0.25, 0.3) is 0 Å². The van der Waals surface area contributed by atoms with Gasteiger partial charge in [-0.3, -0.25) is 28.7 Å². The van der Waals surface area contributed by atoms with Crippen LogP contribution in [0, 0.1) is 5.92 Å². The highest BCUT2D eigenvalue weighted by molar-refractivity contribution is 6.33. The number of nitrogens with one attached hydrogen (secondary N) is 2. The predicted molar refractivity (Wildman–Crippen MR) is 205 cm³/mol. The number of amides is 2. The number of aromatic nitrogens is 6. The van der Waals surface area contributed by atoms with Crippen molar-refractivity contribution in [3.05, 3.63) is 63.8 Å². The Labute approximate surface area is 311 Å². The Morgan fingerprint density at radius 2 is 1.89 bits per heavy atom. The number of piperidine rings is 2. The molecule has 3 N–H and O–H groups in total. The van der Waals surface area contributed by atoms with Gasteiger partial charge in [0, 0.05) is 70.0 Å². The molecule has 0 spiro atoms. The van der Waals surface area contributed by atoms with Gasteiger partial charge < -0.3 is 20.2 Å². The molecule has 2 amide bonds. The first-order chi connectivity index (χ1) is 25.4. The second-order valence-electron chi connectivity index (χ2n) is 15.1. The summed E-state index contributed by atoms with van der Waals surface area (Å²) in [5.41, 5.74) is 4.27. The van der Waals surface area contributed by atoms with Gasteiger partial charge in [0.05, 0.1) is 40.0 Å². The minimum Gasteiger partial charge on any atom is -0.390 e. The fraction of sp³-hybridized carbons (Fsp3) is 0.474. The van der Waals surface area contributed by atoms with Crippen molar-refractivity contribution in [3.8, 4) is 0 Å². The van der Waals surface area contributed by atoms with Crippen molar-refractivity contribution < 1.29 is 14.7 Å². The molecule has 15 heteroatoms. The Kier molecular flexibility index (Phi) is 8.92. The van der Waals surface area contributed by atoms with E-state index in [0.717, 1.165) is 72.1 Å². The van der Waals surface area contributed by atoms with Crippen LogP contribution in [0.2, 0.25) is 5.02 Å². The summed E-state index contributed by atoms with van der Waals surface area (Å²) in [5.74, 6) is 0.394. The standard InChI is InChI=1S/C38H45ClN10O4/c1-22-21-48(16-12-28(22)45(2)24-7-8-25-30(19-24)47(4)44-33(25)26-9-11-32(50)42-35(26)51)36-40-20-27(39)34(43-36)41-23-6-10-29-31(18-23)49(37(52)46(29)3)17-15-38(53)13-5-14-38/h6-8,10,18-20,22,26,28,53H,5,9,11-17,21H2,1-4H3,(H,40,41,43)(H,42,50,51)/t22-,26?,28-/m1/s1. The maximum Gasteiger partial charge on any atom is 0.328 e. The molecule has 5 heterocycles. The number of nitrogens with zero attached hydrogens (tertiary/aromatic N) is 8. The summed E-state index contributed by atoms with van der Waals surface area (Å²) in [6, 6.07) is 12.3. The Morgan fingerprint density at radius 3 is 2.62 bits per heavy atom. The summed E-state index contributed by atoms with van der Waals surface area (Å²) in [6.07, 6.45) is 6.40. The number of carbonyl (C=O) groups excluding carboxylic acids is 2. The van der Waals surface area contributed by atoms with Gasteiger partial charge in [0.1, 0.15) is 5.02 Å². The van der Waals surface area contributed by atoms with Crippen LogP contribution in [0.1, 0.15) is 63.5 Å². The van der Waals surface area contributed by atoms with Crippen molar-refractivity contribution in [2.75, 3.05) is 35.3 Å². The largest absolute Gasteiger partial charge is 0.390 e. The Bertz CT molecular complexity index is 2310. The van der Waals surface area contributed by atoms with Crippen LogP contribution in [0.4, 0.5) is 23.1 Å². The number of aliphatic hydroxyl groups is 1. The number of anilines is 4. The van der Waals surface area contributed by atoms with E-state index in [9.17, 15) is 19.5 Å². The topological polar surface area (TPSA) is 155 Å². The predicted octanol–water partition coefficient (Wildman–Crippen LogP) is 4.59. The highest BCUT2D eigenvalue weighted by atomic mass is 35.5. The number of imide groups is 1. The summed E-state index contributed by atoms with van der Waals surface area (Å²) < 4.78 is 5.19. The molecule has 8 rings (SSSR count). The van der Waals surface area contributed by atoms with E-state index < -0.39 is 11.5 Å². The van der Waals surface area contributed by atoms with Gasteiger partial charge in [-0.15, -0.1) is 0 Å². The van der Waals surface area contributed by atoms with Gasteiger partial charge in [-0.1, -0.05) is 18.5 Å². The van der Waals surface area contributed by atoms with Crippen LogP contribution in [0.15, 0.2) is 47.4 Å².